The van der Waals surface area contributed by atoms with E-state index in [4.69, 9.17) is 25.8 Å². The molecule has 0 radical (unpaired) electrons. The van der Waals surface area contributed by atoms with Gasteiger partial charge in [0.2, 0.25) is 0 Å². The molecule has 2 rings (SSSR count). The van der Waals surface area contributed by atoms with E-state index in [2.05, 4.69) is 10.6 Å². The number of carbonyl (C=O) groups is 4. The molecule has 2 N–H and O–H groups in total. The number of anilines is 1. The van der Waals surface area contributed by atoms with Gasteiger partial charge in [-0.25, -0.2) is 9.59 Å². The molecule has 0 saturated heterocycles. The molecule has 0 bridgehead atoms. The lowest BCUT2D eigenvalue weighted by Crippen LogP contribution is -2.39. The highest BCUT2D eigenvalue weighted by atomic mass is 35.5. The van der Waals surface area contributed by atoms with Gasteiger partial charge in [0, 0.05) is 11.4 Å². The van der Waals surface area contributed by atoms with Crippen LogP contribution in [0, 0.1) is 5.92 Å². The number of esters is 3. The summed E-state index contributed by atoms with van der Waals surface area (Å²) < 4.78 is 53.9. The number of benzene rings is 1. The molecule has 0 unspecified atom stereocenters. The summed E-state index contributed by atoms with van der Waals surface area (Å²) in [5, 5.41) is 4.79. The van der Waals surface area contributed by atoms with Crippen molar-refractivity contribution in [1.29, 1.82) is 0 Å². The largest absolute Gasteiger partial charge is 0.463 e. The highest BCUT2D eigenvalue weighted by Crippen LogP contribution is 2.34. The van der Waals surface area contributed by atoms with E-state index in [9.17, 15) is 32.3 Å². The molecule has 0 aliphatic carbocycles. The number of carbonyl (C=O) groups excluding carboxylic acids is 4. The third-order valence-corrected chi connectivity index (χ3v) is 5.23. The van der Waals surface area contributed by atoms with Crippen LogP contribution in [0.1, 0.15) is 33.3 Å². The van der Waals surface area contributed by atoms with E-state index >= 15 is 0 Å². The second kappa shape index (κ2) is 11.9. The molecule has 13 heteroatoms. The zero-order valence-corrected chi connectivity index (χ0v) is 20.6. The molecule has 36 heavy (non-hydrogen) atoms. The molecular weight excluding hydrogens is 509 g/mol. The maximum Gasteiger partial charge on any atom is 0.416 e. The fourth-order valence-electron chi connectivity index (χ4n) is 3.39. The molecule has 1 aliphatic rings. The first-order valence-electron chi connectivity index (χ1n) is 10.7. The summed E-state index contributed by atoms with van der Waals surface area (Å²) in [6.45, 7) is 5.09. The molecule has 1 heterocycles. The van der Waals surface area contributed by atoms with Crippen molar-refractivity contribution in [1.82, 2.24) is 5.32 Å². The van der Waals surface area contributed by atoms with Crippen LogP contribution < -0.4 is 10.6 Å². The summed E-state index contributed by atoms with van der Waals surface area (Å²) >= 11 is 5.86. The van der Waals surface area contributed by atoms with Crippen LogP contribution in [0.25, 0.3) is 0 Å². The van der Waals surface area contributed by atoms with Crippen LogP contribution in [0.15, 0.2) is 40.7 Å². The number of nitrogens with one attached hydrogen (secondary N) is 2. The van der Waals surface area contributed by atoms with Crippen LogP contribution in [0.3, 0.4) is 0 Å². The number of halogens is 4. The Labute approximate surface area is 209 Å². The average molecular weight is 533 g/mol. The SMILES string of the molecule is CCOC(=O)C1=C(C)NC(C)=C(C(=O)OCC)C1C(=O)OCC(=O)Nc1cc(C(F)(F)F)ccc1Cl. The average Bonchev–Trinajstić information content (AvgIpc) is 2.77. The second-order valence-electron chi connectivity index (χ2n) is 7.42. The van der Waals surface area contributed by atoms with Crippen molar-refractivity contribution in [2.75, 3.05) is 25.1 Å². The molecule has 1 amide bonds. The van der Waals surface area contributed by atoms with Gasteiger partial charge >= 0.3 is 24.1 Å². The lowest BCUT2D eigenvalue weighted by atomic mass is 9.85. The first-order valence-corrected chi connectivity index (χ1v) is 11.1. The molecule has 0 atom stereocenters. The summed E-state index contributed by atoms with van der Waals surface area (Å²) in [6, 6.07) is 2.33. The summed E-state index contributed by atoms with van der Waals surface area (Å²) in [4.78, 5) is 50.6. The predicted octanol–water partition coefficient (Wildman–Crippen LogP) is 3.73. The van der Waals surface area contributed by atoms with Gasteiger partial charge in [-0.05, 0) is 45.9 Å². The van der Waals surface area contributed by atoms with E-state index in [1.807, 2.05) is 0 Å². The van der Waals surface area contributed by atoms with Gasteiger partial charge in [-0.15, -0.1) is 0 Å². The van der Waals surface area contributed by atoms with Crippen molar-refractivity contribution < 1.29 is 46.6 Å². The zero-order chi connectivity index (χ0) is 27.2. The molecule has 196 valence electrons. The topological polar surface area (TPSA) is 120 Å². The van der Waals surface area contributed by atoms with Crippen LogP contribution in [0.2, 0.25) is 5.02 Å². The zero-order valence-electron chi connectivity index (χ0n) is 19.8. The molecule has 0 spiro atoms. The van der Waals surface area contributed by atoms with Gasteiger partial charge in [0.05, 0.1) is 40.6 Å². The first kappa shape index (κ1) is 28.7. The monoisotopic (exact) mass is 532 g/mol. The van der Waals surface area contributed by atoms with Crippen LogP contribution in [-0.2, 0) is 39.6 Å². The van der Waals surface area contributed by atoms with Crippen molar-refractivity contribution in [2.24, 2.45) is 5.92 Å². The molecule has 0 saturated carbocycles. The number of alkyl halides is 3. The van der Waals surface area contributed by atoms with Gasteiger partial charge in [0.25, 0.3) is 5.91 Å². The summed E-state index contributed by atoms with van der Waals surface area (Å²) in [5.41, 5.74) is -1.37. The molecule has 1 aliphatic heterocycles. The van der Waals surface area contributed by atoms with Crippen LogP contribution >= 0.6 is 11.6 Å². The number of hydrogen-bond donors (Lipinski definition) is 2. The molecule has 0 aromatic heterocycles. The van der Waals surface area contributed by atoms with E-state index < -0.39 is 48.1 Å². The Morgan fingerprint density at radius 3 is 1.97 bits per heavy atom. The maximum atomic E-state index is 13.0. The Kier molecular flexibility index (Phi) is 9.51. The quantitative estimate of drug-likeness (QED) is 0.384. The lowest BCUT2D eigenvalue weighted by Gasteiger charge is -2.28. The van der Waals surface area contributed by atoms with E-state index in [1.165, 1.54) is 13.8 Å². The lowest BCUT2D eigenvalue weighted by molar-refractivity contribution is -0.153. The van der Waals surface area contributed by atoms with Gasteiger partial charge in [-0.2, -0.15) is 13.2 Å². The number of amides is 1. The van der Waals surface area contributed by atoms with E-state index in [0.29, 0.717) is 6.07 Å². The Hall–Kier alpha value is -3.54. The predicted molar refractivity (Wildman–Crippen MR) is 121 cm³/mol. The first-order chi connectivity index (χ1) is 16.8. The van der Waals surface area contributed by atoms with Crippen molar-refractivity contribution >= 4 is 41.1 Å². The summed E-state index contributed by atoms with van der Waals surface area (Å²) in [7, 11) is 0. The van der Waals surface area contributed by atoms with Crippen LogP contribution in [-0.4, -0.2) is 43.6 Å². The molecule has 9 nitrogen and oxygen atoms in total. The summed E-state index contributed by atoms with van der Waals surface area (Å²) in [5.74, 6) is -5.51. The fraction of sp³-hybridized carbons (Fsp3) is 0.391. The molecular formula is C23H24ClF3N2O7. The van der Waals surface area contributed by atoms with Gasteiger partial charge in [0.15, 0.2) is 6.61 Å². The van der Waals surface area contributed by atoms with Gasteiger partial charge in [0.1, 0.15) is 5.92 Å². The van der Waals surface area contributed by atoms with Crippen molar-refractivity contribution in [3.8, 4) is 0 Å². The third kappa shape index (κ3) is 6.78. The van der Waals surface area contributed by atoms with Crippen LogP contribution in [0.4, 0.5) is 18.9 Å². The normalized spacial score (nSPS) is 14.2. The molecule has 1 aromatic carbocycles. The maximum absolute atomic E-state index is 13.0. The van der Waals surface area contributed by atoms with E-state index in [-0.39, 0.29) is 46.5 Å². The van der Waals surface area contributed by atoms with Crippen molar-refractivity contribution in [3.63, 3.8) is 0 Å². The Morgan fingerprint density at radius 1 is 0.972 bits per heavy atom. The minimum Gasteiger partial charge on any atom is -0.463 e. The number of allylic oxidation sites excluding steroid dienone is 2. The second-order valence-corrected chi connectivity index (χ2v) is 7.83. The highest BCUT2D eigenvalue weighted by molar-refractivity contribution is 6.33. The Balaban J connectivity index is 2.28. The number of rotatable bonds is 8. The van der Waals surface area contributed by atoms with Crippen molar-refractivity contribution in [2.45, 2.75) is 33.9 Å². The molecule has 0 fully saturated rings. The fourth-order valence-corrected chi connectivity index (χ4v) is 3.56. The summed E-state index contributed by atoms with van der Waals surface area (Å²) in [6.07, 6.45) is -4.67. The van der Waals surface area contributed by atoms with E-state index in [0.717, 1.165) is 12.1 Å². The Morgan fingerprint density at radius 2 is 1.50 bits per heavy atom. The standard InChI is InChI=1S/C23H24ClF3N2O7/c1-5-34-20(31)17-11(3)28-12(4)18(21(32)35-6-2)19(17)22(33)36-10-16(30)29-15-9-13(23(25,26)27)7-8-14(15)24/h7-9,19,28H,5-6,10H2,1-4H3,(H,29,30). The minimum absolute atomic E-state index is 0.0189. The number of ether oxygens (including phenoxy) is 3. The Bertz CT molecular complexity index is 1090. The van der Waals surface area contributed by atoms with Crippen molar-refractivity contribution in [3.05, 3.63) is 51.3 Å². The number of hydrogen-bond acceptors (Lipinski definition) is 8. The smallest absolute Gasteiger partial charge is 0.416 e. The third-order valence-electron chi connectivity index (χ3n) is 4.90. The minimum atomic E-state index is -4.67. The van der Waals surface area contributed by atoms with E-state index in [1.54, 1.807) is 13.8 Å². The highest BCUT2D eigenvalue weighted by Gasteiger charge is 2.42. The number of dihydropyridines is 1. The van der Waals surface area contributed by atoms with Gasteiger partial charge in [-0.1, -0.05) is 11.6 Å². The van der Waals surface area contributed by atoms with Gasteiger partial charge < -0.3 is 24.8 Å². The van der Waals surface area contributed by atoms with Gasteiger partial charge in [-0.3, -0.25) is 9.59 Å². The van der Waals surface area contributed by atoms with Crippen LogP contribution in [0.5, 0.6) is 0 Å². The molecule has 1 aromatic rings.